The second kappa shape index (κ2) is 5.55. The molecule has 2 rings (SSSR count). The first-order chi connectivity index (χ1) is 8.61. The lowest BCUT2D eigenvalue weighted by Crippen LogP contribution is -2.51. The summed E-state index contributed by atoms with van der Waals surface area (Å²) in [6, 6.07) is 5.32. The average Bonchev–Trinajstić information content (AvgIpc) is 2.69. The number of nitrogens with one attached hydrogen (secondary N) is 1. The van der Waals surface area contributed by atoms with Gasteiger partial charge < -0.3 is 4.57 Å². The zero-order chi connectivity index (χ0) is 13.1. The Morgan fingerprint density at radius 2 is 2.06 bits per heavy atom. The predicted octanol–water partition coefficient (Wildman–Crippen LogP) is 2.16. The van der Waals surface area contributed by atoms with Crippen LogP contribution < -0.4 is 5.43 Å². The maximum atomic E-state index is 8.93. The molecule has 4 heteroatoms. The van der Waals surface area contributed by atoms with E-state index in [0.717, 1.165) is 6.54 Å². The van der Waals surface area contributed by atoms with E-state index in [1.807, 2.05) is 23.9 Å². The lowest BCUT2D eigenvalue weighted by Gasteiger charge is -2.39. The highest BCUT2D eigenvalue weighted by Gasteiger charge is 2.24. The molecule has 0 amide bonds. The molecule has 1 aromatic rings. The third-order valence-corrected chi connectivity index (χ3v) is 3.84. The van der Waals surface area contributed by atoms with Crippen molar-refractivity contribution in [1.29, 1.82) is 5.26 Å². The molecule has 18 heavy (non-hydrogen) atoms. The van der Waals surface area contributed by atoms with Crippen LogP contribution in [0.5, 0.6) is 0 Å². The average molecular weight is 246 g/mol. The smallest absolute Gasteiger partial charge is 0.120 e. The van der Waals surface area contributed by atoms with Crippen LogP contribution in [0.3, 0.4) is 0 Å². The van der Waals surface area contributed by atoms with Gasteiger partial charge in [0.1, 0.15) is 11.8 Å². The number of piperidine rings is 1. The van der Waals surface area contributed by atoms with Crippen LogP contribution in [0.1, 0.15) is 44.4 Å². The van der Waals surface area contributed by atoms with Crippen LogP contribution in [0, 0.1) is 11.3 Å². The van der Waals surface area contributed by atoms with Crippen molar-refractivity contribution in [1.82, 2.24) is 15.0 Å². The number of rotatable bonds is 3. The van der Waals surface area contributed by atoms with Crippen molar-refractivity contribution >= 4 is 0 Å². The monoisotopic (exact) mass is 246 g/mol. The number of aryl methyl sites for hydroxylation is 1. The molecule has 0 saturated carbocycles. The number of aromatic nitrogens is 1. The van der Waals surface area contributed by atoms with Crippen LogP contribution in [-0.2, 0) is 13.6 Å². The zero-order valence-electron chi connectivity index (χ0n) is 11.5. The van der Waals surface area contributed by atoms with E-state index >= 15 is 0 Å². The van der Waals surface area contributed by atoms with E-state index in [1.54, 1.807) is 0 Å². The van der Waals surface area contributed by atoms with E-state index in [-0.39, 0.29) is 0 Å². The molecule has 2 atom stereocenters. The summed E-state index contributed by atoms with van der Waals surface area (Å²) >= 11 is 0. The topological polar surface area (TPSA) is 44.0 Å². The van der Waals surface area contributed by atoms with E-state index in [0.29, 0.717) is 17.8 Å². The van der Waals surface area contributed by atoms with Gasteiger partial charge in [-0.1, -0.05) is 6.42 Å². The lowest BCUT2D eigenvalue weighted by atomic mass is 10.00. The highest BCUT2D eigenvalue weighted by atomic mass is 15.5. The van der Waals surface area contributed by atoms with Crippen LogP contribution in [0.2, 0.25) is 0 Å². The fourth-order valence-corrected chi connectivity index (χ4v) is 2.76. The van der Waals surface area contributed by atoms with Gasteiger partial charge >= 0.3 is 0 Å². The summed E-state index contributed by atoms with van der Waals surface area (Å²) in [7, 11) is 1.91. The fraction of sp³-hybridized carbons (Fsp3) is 0.643. The largest absolute Gasteiger partial charge is 0.342 e. The van der Waals surface area contributed by atoms with E-state index < -0.39 is 0 Å². The molecule has 1 N–H and O–H groups in total. The van der Waals surface area contributed by atoms with E-state index in [4.69, 9.17) is 5.26 Å². The first kappa shape index (κ1) is 13.1. The summed E-state index contributed by atoms with van der Waals surface area (Å²) in [5.41, 5.74) is 5.39. The molecule has 2 heterocycles. The second-order valence-electron chi connectivity index (χ2n) is 5.33. The summed E-state index contributed by atoms with van der Waals surface area (Å²) in [4.78, 5) is 0. The molecule has 1 aliphatic heterocycles. The van der Waals surface area contributed by atoms with Crippen molar-refractivity contribution in [3.8, 4) is 6.07 Å². The molecule has 0 bridgehead atoms. The molecule has 1 aromatic heterocycles. The Kier molecular flexibility index (Phi) is 4.05. The van der Waals surface area contributed by atoms with Crippen LogP contribution in [0.15, 0.2) is 12.3 Å². The minimum Gasteiger partial charge on any atom is -0.342 e. The molecule has 2 unspecified atom stereocenters. The molecule has 0 aliphatic carbocycles. The van der Waals surface area contributed by atoms with Gasteiger partial charge in [-0.05, 0) is 38.3 Å². The van der Waals surface area contributed by atoms with Gasteiger partial charge in [0.25, 0.3) is 0 Å². The Morgan fingerprint density at radius 3 is 2.61 bits per heavy atom. The fourth-order valence-electron chi connectivity index (χ4n) is 2.76. The minimum absolute atomic E-state index is 0.591. The van der Waals surface area contributed by atoms with Crippen molar-refractivity contribution in [3.63, 3.8) is 0 Å². The van der Waals surface area contributed by atoms with Crippen molar-refractivity contribution < 1.29 is 0 Å². The molecule has 0 spiro atoms. The van der Waals surface area contributed by atoms with Gasteiger partial charge in [0.05, 0.1) is 0 Å². The zero-order valence-corrected chi connectivity index (χ0v) is 11.5. The van der Waals surface area contributed by atoms with Gasteiger partial charge in [0.2, 0.25) is 0 Å². The third-order valence-electron chi connectivity index (χ3n) is 3.84. The van der Waals surface area contributed by atoms with Crippen molar-refractivity contribution in [2.75, 3.05) is 0 Å². The maximum Gasteiger partial charge on any atom is 0.120 e. The number of hydrazine groups is 1. The van der Waals surface area contributed by atoms with E-state index in [1.165, 1.54) is 24.8 Å². The number of hydrogen-bond donors (Lipinski definition) is 1. The maximum absolute atomic E-state index is 8.93. The van der Waals surface area contributed by atoms with E-state index in [2.05, 4.69) is 30.4 Å². The van der Waals surface area contributed by atoms with Crippen molar-refractivity contribution in [2.24, 2.45) is 7.05 Å². The van der Waals surface area contributed by atoms with Crippen LogP contribution in [0.25, 0.3) is 0 Å². The van der Waals surface area contributed by atoms with E-state index in [9.17, 15) is 0 Å². The Hall–Kier alpha value is -1.31. The van der Waals surface area contributed by atoms with Gasteiger partial charge in [-0.15, -0.1) is 0 Å². The van der Waals surface area contributed by atoms with Crippen LogP contribution in [0.4, 0.5) is 0 Å². The van der Waals surface area contributed by atoms with Crippen molar-refractivity contribution in [2.45, 2.75) is 51.7 Å². The lowest BCUT2D eigenvalue weighted by molar-refractivity contribution is 0.0435. The second-order valence-corrected chi connectivity index (χ2v) is 5.33. The predicted molar refractivity (Wildman–Crippen MR) is 71.6 cm³/mol. The van der Waals surface area contributed by atoms with Gasteiger partial charge in [0.15, 0.2) is 0 Å². The Balaban J connectivity index is 1.96. The first-order valence-electron chi connectivity index (χ1n) is 6.69. The molecule has 0 aromatic carbocycles. The molecule has 1 saturated heterocycles. The van der Waals surface area contributed by atoms with Gasteiger partial charge in [-0.3, -0.25) is 5.43 Å². The Bertz CT molecular complexity index is 433. The van der Waals surface area contributed by atoms with Gasteiger partial charge in [-0.2, -0.15) is 5.26 Å². The van der Waals surface area contributed by atoms with Crippen molar-refractivity contribution in [3.05, 3.63) is 23.5 Å². The van der Waals surface area contributed by atoms with Crippen LogP contribution in [-0.4, -0.2) is 21.7 Å². The number of nitrogens with zero attached hydrogens (tertiary/aromatic N) is 3. The summed E-state index contributed by atoms with van der Waals surface area (Å²) in [6.45, 7) is 5.34. The molecule has 1 fully saturated rings. The summed E-state index contributed by atoms with van der Waals surface area (Å²) in [5.74, 6) is 0. The molecule has 4 nitrogen and oxygen atoms in total. The normalized spacial score (nSPS) is 25.0. The van der Waals surface area contributed by atoms with Gasteiger partial charge in [0, 0.05) is 31.9 Å². The first-order valence-corrected chi connectivity index (χ1v) is 6.69. The molecule has 98 valence electrons. The molecular formula is C14H22N4. The van der Waals surface area contributed by atoms with Crippen LogP contribution >= 0.6 is 0 Å². The van der Waals surface area contributed by atoms with Gasteiger partial charge in [-0.25, -0.2) is 5.01 Å². The molecular weight excluding hydrogens is 224 g/mol. The highest BCUT2D eigenvalue weighted by Crippen LogP contribution is 2.20. The SMILES string of the molecule is CC1CCCC(C)N1NCc1cc(C#N)n(C)c1. The highest BCUT2D eigenvalue weighted by molar-refractivity contribution is 5.28. The minimum atomic E-state index is 0.591. The number of nitriles is 1. The third kappa shape index (κ3) is 2.74. The Morgan fingerprint density at radius 1 is 1.39 bits per heavy atom. The quantitative estimate of drug-likeness (QED) is 0.889. The summed E-state index contributed by atoms with van der Waals surface area (Å²) in [6.07, 6.45) is 5.86. The summed E-state index contributed by atoms with van der Waals surface area (Å²) in [5, 5.41) is 11.3. The number of hydrogen-bond acceptors (Lipinski definition) is 3. The molecule has 0 radical (unpaired) electrons. The standard InChI is InChI=1S/C14H22N4/c1-11-5-4-6-12(2)18(11)16-9-13-7-14(8-15)17(3)10-13/h7,10-12,16H,4-6,9H2,1-3H3. The molecule has 1 aliphatic rings. The summed E-state index contributed by atoms with van der Waals surface area (Å²) < 4.78 is 1.88. The Labute approximate surface area is 109 Å².